The van der Waals surface area contributed by atoms with Gasteiger partial charge < -0.3 is 10.6 Å². The van der Waals surface area contributed by atoms with Crippen LogP contribution in [0.4, 0.5) is 13.2 Å². The van der Waals surface area contributed by atoms with Crippen molar-refractivity contribution in [1.29, 1.82) is 0 Å². The van der Waals surface area contributed by atoms with Crippen molar-refractivity contribution < 1.29 is 18.0 Å². The zero-order valence-corrected chi connectivity index (χ0v) is 11.6. The van der Waals surface area contributed by atoms with Crippen LogP contribution in [0.5, 0.6) is 0 Å². The molecule has 1 heterocycles. The Balaban J connectivity index is 1.84. The fourth-order valence-corrected chi connectivity index (χ4v) is 3.17. The number of rotatable bonds is 2. The number of alkyl halides is 3. The van der Waals surface area contributed by atoms with Gasteiger partial charge in [-0.3, -0.25) is 4.79 Å². The molecule has 3 atom stereocenters. The lowest BCUT2D eigenvalue weighted by Gasteiger charge is -2.32. The molecule has 2 N–H and O–H groups in total. The van der Waals surface area contributed by atoms with Gasteiger partial charge in [-0.1, -0.05) is 19.3 Å². The molecule has 6 heteroatoms. The van der Waals surface area contributed by atoms with Crippen LogP contribution in [-0.4, -0.2) is 30.7 Å². The molecule has 1 saturated heterocycles. The summed E-state index contributed by atoms with van der Waals surface area (Å²) in [5.74, 6) is -1.39. The van der Waals surface area contributed by atoms with E-state index in [-0.39, 0.29) is 30.8 Å². The van der Waals surface area contributed by atoms with Crippen LogP contribution >= 0.6 is 0 Å². The predicted octanol–water partition coefficient (Wildman–Crippen LogP) is 2.76. The monoisotopic (exact) mass is 292 g/mol. The quantitative estimate of drug-likeness (QED) is 0.821. The second-order valence-corrected chi connectivity index (χ2v) is 5.97. The minimum Gasteiger partial charge on any atom is -0.352 e. The third kappa shape index (κ3) is 4.36. The summed E-state index contributed by atoms with van der Waals surface area (Å²) in [5, 5.41) is 6.00. The summed E-state index contributed by atoms with van der Waals surface area (Å²) < 4.78 is 38.2. The van der Waals surface area contributed by atoms with E-state index in [0.717, 1.165) is 32.2 Å². The molecule has 0 bridgehead atoms. The van der Waals surface area contributed by atoms with Gasteiger partial charge in [0.25, 0.3) is 0 Å². The van der Waals surface area contributed by atoms with Crippen molar-refractivity contribution in [3.63, 3.8) is 0 Å². The van der Waals surface area contributed by atoms with Gasteiger partial charge in [0.15, 0.2) is 0 Å². The Hall–Kier alpha value is -0.780. The lowest BCUT2D eigenvalue weighted by molar-refractivity contribution is -0.184. The van der Waals surface area contributed by atoms with Crippen LogP contribution in [0.1, 0.15) is 51.4 Å². The summed E-state index contributed by atoms with van der Waals surface area (Å²) in [6.07, 6.45) is 1.23. The molecule has 3 unspecified atom stereocenters. The van der Waals surface area contributed by atoms with Crippen LogP contribution in [0.15, 0.2) is 0 Å². The van der Waals surface area contributed by atoms with Crippen LogP contribution < -0.4 is 10.6 Å². The summed E-state index contributed by atoms with van der Waals surface area (Å²) in [6, 6.07) is -0.559. The van der Waals surface area contributed by atoms with Crippen LogP contribution in [0, 0.1) is 5.92 Å². The van der Waals surface area contributed by atoms with Gasteiger partial charge in [0, 0.05) is 6.04 Å². The molecule has 1 saturated carbocycles. The summed E-state index contributed by atoms with van der Waals surface area (Å²) in [7, 11) is 0. The van der Waals surface area contributed by atoms with E-state index >= 15 is 0 Å². The second kappa shape index (κ2) is 6.78. The standard InChI is InChI=1S/C14H23F3N2O/c15-14(16,17)10-5-4-6-11(9-10)19-13(20)12-7-2-1-3-8-18-12/h10-12,18H,1-9H2,(H,19,20). The first kappa shape index (κ1) is 15.6. The summed E-state index contributed by atoms with van der Waals surface area (Å²) in [5.41, 5.74) is 0. The third-order valence-electron chi connectivity index (χ3n) is 4.36. The zero-order valence-electron chi connectivity index (χ0n) is 11.6. The Morgan fingerprint density at radius 2 is 1.85 bits per heavy atom. The van der Waals surface area contributed by atoms with Gasteiger partial charge in [-0.15, -0.1) is 0 Å². The molecule has 1 aliphatic carbocycles. The molecule has 2 fully saturated rings. The van der Waals surface area contributed by atoms with Crippen LogP contribution in [0.25, 0.3) is 0 Å². The molecule has 1 aliphatic heterocycles. The van der Waals surface area contributed by atoms with Crippen LogP contribution in [0.3, 0.4) is 0 Å². The highest BCUT2D eigenvalue weighted by Crippen LogP contribution is 2.37. The Kier molecular flexibility index (Phi) is 5.29. The minimum absolute atomic E-state index is 0.0297. The van der Waals surface area contributed by atoms with E-state index < -0.39 is 12.1 Å². The first-order chi connectivity index (χ1) is 9.47. The van der Waals surface area contributed by atoms with Crippen LogP contribution in [-0.2, 0) is 4.79 Å². The predicted molar refractivity (Wildman–Crippen MR) is 70.2 cm³/mol. The zero-order chi connectivity index (χ0) is 14.6. The molecule has 116 valence electrons. The highest BCUT2D eigenvalue weighted by Gasteiger charge is 2.42. The first-order valence-corrected chi connectivity index (χ1v) is 7.57. The summed E-state index contributed by atoms with van der Waals surface area (Å²) in [6.45, 7) is 0.813. The normalized spacial score (nSPS) is 32.5. The van der Waals surface area contributed by atoms with Gasteiger partial charge in [0.2, 0.25) is 5.91 Å². The first-order valence-electron chi connectivity index (χ1n) is 7.57. The second-order valence-electron chi connectivity index (χ2n) is 5.97. The highest BCUT2D eigenvalue weighted by atomic mass is 19.4. The maximum atomic E-state index is 12.7. The number of halogens is 3. The topological polar surface area (TPSA) is 41.1 Å². The lowest BCUT2D eigenvalue weighted by Crippen LogP contribution is -2.49. The van der Waals surface area contributed by atoms with Crippen molar-refractivity contribution >= 4 is 5.91 Å². The van der Waals surface area contributed by atoms with Crippen molar-refractivity contribution in [3.8, 4) is 0 Å². The number of carbonyl (C=O) groups is 1. The van der Waals surface area contributed by atoms with E-state index in [1.54, 1.807) is 0 Å². The largest absolute Gasteiger partial charge is 0.391 e. The molecule has 3 nitrogen and oxygen atoms in total. The van der Waals surface area contributed by atoms with Crippen molar-refractivity contribution in [2.75, 3.05) is 6.54 Å². The molecular weight excluding hydrogens is 269 g/mol. The average Bonchev–Trinajstić information content (AvgIpc) is 2.67. The Morgan fingerprint density at radius 1 is 1.05 bits per heavy atom. The summed E-state index contributed by atoms with van der Waals surface area (Å²) >= 11 is 0. The van der Waals surface area contributed by atoms with Gasteiger partial charge in [-0.25, -0.2) is 0 Å². The average molecular weight is 292 g/mol. The van der Waals surface area contributed by atoms with Crippen molar-refractivity contribution in [3.05, 3.63) is 0 Å². The molecule has 1 amide bonds. The van der Waals surface area contributed by atoms with Gasteiger partial charge in [-0.2, -0.15) is 13.2 Å². The number of carbonyl (C=O) groups excluding carboxylic acids is 1. The molecule has 2 rings (SSSR count). The Morgan fingerprint density at radius 3 is 2.60 bits per heavy atom. The van der Waals surface area contributed by atoms with Crippen molar-refractivity contribution in [2.45, 2.75) is 69.6 Å². The van der Waals surface area contributed by atoms with Gasteiger partial charge >= 0.3 is 6.18 Å². The maximum absolute atomic E-state index is 12.7. The van der Waals surface area contributed by atoms with Gasteiger partial charge in [-0.05, 0) is 38.6 Å². The van der Waals surface area contributed by atoms with E-state index in [0.29, 0.717) is 12.8 Å². The molecule has 20 heavy (non-hydrogen) atoms. The molecule has 0 aromatic carbocycles. The van der Waals surface area contributed by atoms with Crippen molar-refractivity contribution in [1.82, 2.24) is 10.6 Å². The van der Waals surface area contributed by atoms with E-state index in [2.05, 4.69) is 10.6 Å². The fourth-order valence-electron chi connectivity index (χ4n) is 3.17. The smallest absolute Gasteiger partial charge is 0.352 e. The molecular formula is C14H23F3N2O. The third-order valence-corrected chi connectivity index (χ3v) is 4.36. The Bertz CT molecular complexity index is 325. The van der Waals surface area contributed by atoms with Crippen molar-refractivity contribution in [2.24, 2.45) is 5.92 Å². The van der Waals surface area contributed by atoms with E-state index in [9.17, 15) is 18.0 Å². The molecule has 2 aliphatic rings. The number of amides is 1. The highest BCUT2D eigenvalue weighted by molar-refractivity contribution is 5.82. The minimum atomic E-state index is -4.13. The maximum Gasteiger partial charge on any atom is 0.391 e. The molecule has 0 aromatic heterocycles. The van der Waals surface area contributed by atoms with E-state index in [1.165, 1.54) is 0 Å². The van der Waals surface area contributed by atoms with Gasteiger partial charge in [0.05, 0.1) is 12.0 Å². The molecule has 0 spiro atoms. The van der Waals surface area contributed by atoms with E-state index in [4.69, 9.17) is 0 Å². The molecule has 0 aromatic rings. The lowest BCUT2D eigenvalue weighted by atomic mass is 9.85. The number of nitrogens with one attached hydrogen (secondary N) is 2. The van der Waals surface area contributed by atoms with Crippen LogP contribution in [0.2, 0.25) is 0 Å². The number of hydrogen-bond donors (Lipinski definition) is 2. The molecule has 0 radical (unpaired) electrons. The summed E-state index contributed by atoms with van der Waals surface area (Å²) in [4.78, 5) is 12.1. The Labute approximate surface area is 117 Å². The van der Waals surface area contributed by atoms with Gasteiger partial charge in [0.1, 0.15) is 0 Å². The fraction of sp³-hybridized carbons (Fsp3) is 0.929. The number of hydrogen-bond acceptors (Lipinski definition) is 2. The SMILES string of the molecule is O=C(NC1CCCC(C(F)(F)F)C1)C1CCCCCN1. The van der Waals surface area contributed by atoms with E-state index in [1.807, 2.05) is 0 Å².